The molecule has 166 valence electrons. The molecule has 0 aromatic heterocycles. The first kappa shape index (κ1) is 21.9. The molecule has 34 heavy (non-hydrogen) atoms. The van der Waals surface area contributed by atoms with E-state index in [4.69, 9.17) is 0 Å². The minimum atomic E-state index is 1.07. The van der Waals surface area contributed by atoms with Crippen LogP contribution < -0.4 is 0 Å². The van der Waals surface area contributed by atoms with Gasteiger partial charge in [-0.1, -0.05) is 147 Å². The summed E-state index contributed by atoms with van der Waals surface area (Å²) in [5.41, 5.74) is 11.7. The van der Waals surface area contributed by atoms with Crippen molar-refractivity contribution in [2.45, 2.75) is 26.2 Å². The van der Waals surface area contributed by atoms with Gasteiger partial charge in [-0.25, -0.2) is 0 Å². The van der Waals surface area contributed by atoms with E-state index >= 15 is 0 Å². The molecule has 4 aromatic carbocycles. The number of unbranched alkanes of at least 4 members (excludes halogenated alkanes) is 2. The molecule has 0 atom stereocenters. The lowest BCUT2D eigenvalue weighted by Crippen LogP contribution is -1.92. The molecule has 0 N–H and O–H groups in total. The predicted molar refractivity (Wildman–Crippen MR) is 147 cm³/mol. The van der Waals surface area contributed by atoms with Gasteiger partial charge in [-0.2, -0.15) is 0 Å². The average molecular weight is 439 g/mol. The van der Waals surface area contributed by atoms with Crippen LogP contribution in [0.5, 0.6) is 0 Å². The normalized spacial score (nSPS) is 13.5. The van der Waals surface area contributed by atoms with Gasteiger partial charge in [0.15, 0.2) is 0 Å². The van der Waals surface area contributed by atoms with E-state index in [0.717, 1.165) is 6.42 Å². The van der Waals surface area contributed by atoms with Gasteiger partial charge < -0.3 is 0 Å². The SMILES string of the molecule is CCCCC=C1C(c2ccccc2)=C(c2ccccc2)C(c2ccccc2)=C1c1ccccc1. The third-order valence-electron chi connectivity index (χ3n) is 6.44. The van der Waals surface area contributed by atoms with E-state index < -0.39 is 0 Å². The molecular weight excluding hydrogens is 408 g/mol. The van der Waals surface area contributed by atoms with E-state index in [1.807, 2.05) is 0 Å². The Bertz CT molecular complexity index is 1220. The van der Waals surface area contributed by atoms with Crippen molar-refractivity contribution in [3.8, 4) is 0 Å². The number of allylic oxidation sites excluding steroid dienone is 6. The largest absolute Gasteiger partial charge is 0.0760 e. The third-order valence-corrected chi connectivity index (χ3v) is 6.44. The summed E-state index contributed by atoms with van der Waals surface area (Å²) in [5.74, 6) is 0. The molecular formula is C34H30. The van der Waals surface area contributed by atoms with Crippen LogP contribution in [0.2, 0.25) is 0 Å². The summed E-state index contributed by atoms with van der Waals surface area (Å²) in [6, 6.07) is 43.6. The molecule has 0 radical (unpaired) electrons. The fourth-order valence-corrected chi connectivity index (χ4v) is 4.90. The Morgan fingerprint density at radius 1 is 0.441 bits per heavy atom. The summed E-state index contributed by atoms with van der Waals surface area (Å²) in [5, 5.41) is 0. The monoisotopic (exact) mass is 438 g/mol. The molecule has 1 aliphatic rings. The highest BCUT2D eigenvalue weighted by Gasteiger charge is 2.32. The van der Waals surface area contributed by atoms with Gasteiger partial charge in [-0.15, -0.1) is 0 Å². The van der Waals surface area contributed by atoms with E-state index in [1.54, 1.807) is 0 Å². The van der Waals surface area contributed by atoms with Crippen molar-refractivity contribution in [2.75, 3.05) is 0 Å². The fraction of sp³-hybridized carbons (Fsp3) is 0.118. The molecule has 0 nitrogen and oxygen atoms in total. The molecule has 0 amide bonds. The fourth-order valence-electron chi connectivity index (χ4n) is 4.90. The maximum Gasteiger partial charge on any atom is -0.00142 e. The smallest absolute Gasteiger partial charge is 0.00142 e. The van der Waals surface area contributed by atoms with Gasteiger partial charge in [0.05, 0.1) is 0 Å². The quantitative estimate of drug-likeness (QED) is 0.252. The van der Waals surface area contributed by atoms with Crippen LogP contribution in [-0.4, -0.2) is 0 Å². The van der Waals surface area contributed by atoms with Crippen molar-refractivity contribution in [3.05, 3.63) is 155 Å². The maximum atomic E-state index is 2.48. The van der Waals surface area contributed by atoms with Crippen LogP contribution in [-0.2, 0) is 0 Å². The van der Waals surface area contributed by atoms with Crippen LogP contribution in [0, 0.1) is 0 Å². The lowest BCUT2D eigenvalue weighted by atomic mass is 9.89. The standard InChI is InChI=1S/C34H30/c1-2-3-8-25-30-31(26-17-9-4-10-18-26)33(28-21-13-6-14-22-28)34(29-23-15-7-16-24-29)32(30)27-19-11-5-12-20-27/h4-7,9-25H,2-3,8H2,1H3. The van der Waals surface area contributed by atoms with E-state index in [2.05, 4.69) is 134 Å². The van der Waals surface area contributed by atoms with Crippen molar-refractivity contribution < 1.29 is 0 Å². The second-order valence-corrected chi connectivity index (χ2v) is 8.72. The third kappa shape index (κ3) is 4.32. The zero-order valence-electron chi connectivity index (χ0n) is 19.7. The molecule has 5 rings (SSSR count). The second-order valence-electron chi connectivity index (χ2n) is 8.72. The van der Waals surface area contributed by atoms with Crippen LogP contribution >= 0.6 is 0 Å². The molecule has 0 spiro atoms. The van der Waals surface area contributed by atoms with Gasteiger partial charge in [-0.05, 0) is 56.5 Å². The molecule has 1 aliphatic carbocycles. The average Bonchev–Trinajstić information content (AvgIpc) is 3.26. The maximum absolute atomic E-state index is 2.48. The summed E-state index contributed by atoms with van der Waals surface area (Å²) in [7, 11) is 0. The molecule has 0 unspecified atom stereocenters. The van der Waals surface area contributed by atoms with Gasteiger partial charge in [0.2, 0.25) is 0 Å². The Labute approximate surface area is 203 Å². The first-order valence-electron chi connectivity index (χ1n) is 12.3. The molecule has 0 heteroatoms. The molecule has 0 saturated carbocycles. The first-order valence-corrected chi connectivity index (χ1v) is 12.3. The molecule has 0 heterocycles. The van der Waals surface area contributed by atoms with Gasteiger partial charge >= 0.3 is 0 Å². The van der Waals surface area contributed by atoms with Crippen molar-refractivity contribution in [2.24, 2.45) is 0 Å². The van der Waals surface area contributed by atoms with Crippen LogP contribution in [0.15, 0.2) is 133 Å². The molecule has 0 bridgehead atoms. The zero-order valence-corrected chi connectivity index (χ0v) is 19.7. The molecule has 4 aromatic rings. The lowest BCUT2D eigenvalue weighted by Gasteiger charge is -2.14. The molecule has 0 saturated heterocycles. The Kier molecular flexibility index (Phi) is 6.68. The summed E-state index contributed by atoms with van der Waals surface area (Å²) in [6.07, 6.45) is 5.93. The van der Waals surface area contributed by atoms with E-state index in [1.165, 1.54) is 63.0 Å². The van der Waals surface area contributed by atoms with Gasteiger partial charge in [0.25, 0.3) is 0 Å². The van der Waals surface area contributed by atoms with Gasteiger partial charge in [0, 0.05) is 0 Å². The van der Waals surface area contributed by atoms with Crippen LogP contribution in [0.25, 0.3) is 22.3 Å². The van der Waals surface area contributed by atoms with Crippen molar-refractivity contribution in [1.29, 1.82) is 0 Å². The molecule has 0 fully saturated rings. The predicted octanol–water partition coefficient (Wildman–Crippen LogP) is 9.34. The molecule has 0 aliphatic heterocycles. The van der Waals surface area contributed by atoms with E-state index in [9.17, 15) is 0 Å². The van der Waals surface area contributed by atoms with Crippen LogP contribution in [0.4, 0.5) is 0 Å². The van der Waals surface area contributed by atoms with E-state index in [-0.39, 0.29) is 0 Å². The number of hydrogen-bond donors (Lipinski definition) is 0. The van der Waals surface area contributed by atoms with Gasteiger partial charge in [0.1, 0.15) is 0 Å². The summed E-state index contributed by atoms with van der Waals surface area (Å²) in [4.78, 5) is 0. The minimum absolute atomic E-state index is 1.07. The number of benzene rings is 4. The topological polar surface area (TPSA) is 0 Å². The van der Waals surface area contributed by atoms with Crippen molar-refractivity contribution in [1.82, 2.24) is 0 Å². The van der Waals surface area contributed by atoms with Crippen LogP contribution in [0.1, 0.15) is 48.4 Å². The van der Waals surface area contributed by atoms with E-state index in [0.29, 0.717) is 0 Å². The Balaban J connectivity index is 1.89. The highest BCUT2D eigenvalue weighted by atomic mass is 14.3. The Morgan fingerprint density at radius 3 is 1.09 bits per heavy atom. The van der Waals surface area contributed by atoms with Crippen molar-refractivity contribution >= 4 is 22.3 Å². The highest BCUT2D eigenvalue weighted by Crippen LogP contribution is 2.54. The highest BCUT2D eigenvalue weighted by molar-refractivity contribution is 6.34. The lowest BCUT2D eigenvalue weighted by molar-refractivity contribution is 0.814. The number of hydrogen-bond acceptors (Lipinski definition) is 0. The summed E-state index contributed by atoms with van der Waals surface area (Å²) >= 11 is 0. The zero-order chi connectivity index (χ0) is 23.2. The Hall–Kier alpha value is -3.90. The minimum Gasteiger partial charge on any atom is -0.0760 e. The van der Waals surface area contributed by atoms with Gasteiger partial charge in [-0.3, -0.25) is 0 Å². The number of rotatable bonds is 7. The summed E-state index contributed by atoms with van der Waals surface area (Å²) < 4.78 is 0. The Morgan fingerprint density at radius 2 is 0.765 bits per heavy atom. The van der Waals surface area contributed by atoms with Crippen LogP contribution in [0.3, 0.4) is 0 Å². The summed E-state index contributed by atoms with van der Waals surface area (Å²) in [6.45, 7) is 2.26. The van der Waals surface area contributed by atoms with Crippen molar-refractivity contribution in [3.63, 3.8) is 0 Å². The second kappa shape index (κ2) is 10.4. The first-order chi connectivity index (χ1) is 16.9.